The molecule has 0 bridgehead atoms. The molecule has 2 aromatic rings. The summed E-state index contributed by atoms with van der Waals surface area (Å²) < 4.78 is 29.1. The minimum absolute atomic E-state index is 0.242. The average molecular weight is 431 g/mol. The fourth-order valence-corrected chi connectivity index (χ4v) is 4.89. The first-order chi connectivity index (χ1) is 14.3. The summed E-state index contributed by atoms with van der Waals surface area (Å²) in [5.41, 5.74) is 3.00. The van der Waals surface area contributed by atoms with Crippen LogP contribution in [0.1, 0.15) is 29.9 Å². The number of benzene rings is 2. The van der Waals surface area contributed by atoms with Crippen molar-refractivity contribution in [2.75, 3.05) is 33.0 Å². The van der Waals surface area contributed by atoms with Crippen LogP contribution in [0.4, 0.5) is 10.5 Å². The van der Waals surface area contributed by atoms with Crippen LogP contribution in [0.3, 0.4) is 0 Å². The summed E-state index contributed by atoms with van der Waals surface area (Å²) in [7, 11) is -1.97. The quantitative estimate of drug-likeness (QED) is 0.653. The van der Waals surface area contributed by atoms with E-state index in [-0.39, 0.29) is 6.03 Å². The Labute approximate surface area is 177 Å². The van der Waals surface area contributed by atoms with Gasteiger partial charge in [-0.15, -0.1) is 4.59 Å². The Kier molecular flexibility index (Phi) is 5.57. The number of methoxy groups -OCH3 is 1. The molecule has 1 heterocycles. The van der Waals surface area contributed by atoms with Gasteiger partial charge in [-0.2, -0.15) is 0 Å². The summed E-state index contributed by atoms with van der Waals surface area (Å²) in [6.45, 7) is 1.37. The number of ether oxygens (including phenoxy) is 1. The molecule has 2 amide bonds. The predicted octanol–water partition coefficient (Wildman–Crippen LogP) is 3.02. The first-order valence-corrected chi connectivity index (χ1v) is 12.1. The summed E-state index contributed by atoms with van der Waals surface area (Å²) in [4.78, 5) is 17.8. The monoisotopic (exact) mass is 430 g/mol. The lowest BCUT2D eigenvalue weighted by Gasteiger charge is -2.29. The van der Waals surface area contributed by atoms with Crippen LogP contribution in [0.15, 0.2) is 48.5 Å². The van der Waals surface area contributed by atoms with E-state index in [9.17, 15) is 13.2 Å². The molecule has 1 aliphatic heterocycles. The molecule has 1 saturated carbocycles. The Balaban J connectivity index is 1.53. The Morgan fingerprint density at radius 2 is 1.77 bits per heavy atom. The van der Waals surface area contributed by atoms with Gasteiger partial charge in [-0.25, -0.2) is 13.2 Å². The van der Waals surface area contributed by atoms with Crippen molar-refractivity contribution >= 4 is 21.7 Å². The van der Waals surface area contributed by atoms with E-state index in [0.29, 0.717) is 37.7 Å². The Bertz CT molecular complexity index is 1020. The smallest absolute Gasteiger partial charge is 0.444 e. The second-order valence-corrected chi connectivity index (χ2v) is 9.86. The predicted molar refractivity (Wildman–Crippen MR) is 117 cm³/mol. The van der Waals surface area contributed by atoms with E-state index in [1.54, 1.807) is 12.0 Å². The lowest BCUT2D eigenvalue weighted by Crippen LogP contribution is -2.63. The van der Waals surface area contributed by atoms with E-state index >= 15 is 0 Å². The molecule has 4 rings (SSSR count). The minimum atomic E-state index is -3.60. The third kappa shape index (κ3) is 4.35. The number of nitrogens with zero attached hydrogens (tertiary/aromatic N) is 2. The molecule has 7 nitrogen and oxygen atoms in total. The van der Waals surface area contributed by atoms with Crippen LogP contribution in [0.2, 0.25) is 0 Å². The zero-order valence-corrected chi connectivity index (χ0v) is 18.2. The van der Waals surface area contributed by atoms with Crippen molar-refractivity contribution in [2.45, 2.75) is 25.2 Å². The number of quaternary nitrogens is 1. The van der Waals surface area contributed by atoms with Gasteiger partial charge in [0, 0.05) is 18.7 Å². The van der Waals surface area contributed by atoms with Gasteiger partial charge in [0.2, 0.25) is 0 Å². The van der Waals surface area contributed by atoms with Gasteiger partial charge in [0.15, 0.2) is 5.69 Å². The van der Waals surface area contributed by atoms with Gasteiger partial charge in [-0.1, -0.05) is 24.3 Å². The van der Waals surface area contributed by atoms with Crippen LogP contribution >= 0.6 is 0 Å². The van der Waals surface area contributed by atoms with Gasteiger partial charge < -0.3 is 4.74 Å². The van der Waals surface area contributed by atoms with Crippen molar-refractivity contribution < 1.29 is 17.9 Å². The molecule has 2 fully saturated rings. The number of nitrogens with one attached hydrogen (secondary N) is 1. The van der Waals surface area contributed by atoms with Crippen LogP contribution in [-0.4, -0.2) is 52.3 Å². The molecule has 1 atom stereocenters. The van der Waals surface area contributed by atoms with Crippen molar-refractivity contribution in [3.8, 4) is 5.75 Å². The molecule has 1 N–H and O–H groups in total. The molecule has 2 aromatic carbocycles. The van der Waals surface area contributed by atoms with E-state index in [1.807, 2.05) is 48.5 Å². The van der Waals surface area contributed by atoms with E-state index in [0.717, 1.165) is 17.6 Å². The van der Waals surface area contributed by atoms with Crippen molar-refractivity contribution in [2.24, 2.45) is 0 Å². The maximum atomic E-state index is 13.4. The summed E-state index contributed by atoms with van der Waals surface area (Å²) in [6.07, 6.45) is 4.17. The Morgan fingerprint density at radius 1 is 1.10 bits per heavy atom. The summed E-state index contributed by atoms with van der Waals surface area (Å²) in [6, 6.07) is 15.3. The van der Waals surface area contributed by atoms with Crippen LogP contribution < -0.4 is 14.2 Å². The molecule has 30 heavy (non-hydrogen) atoms. The first-order valence-electron chi connectivity index (χ1n) is 10.2. The van der Waals surface area contributed by atoms with Gasteiger partial charge in [0.25, 0.3) is 10.0 Å². The number of carbonyl (C=O) groups is 1. The van der Waals surface area contributed by atoms with E-state index in [2.05, 4.69) is 4.83 Å². The molecule has 1 aliphatic carbocycles. The van der Waals surface area contributed by atoms with Gasteiger partial charge >= 0.3 is 6.03 Å². The molecule has 1 saturated heterocycles. The number of hydrogen-bond acceptors (Lipinski definition) is 4. The average Bonchev–Trinajstić information content (AvgIpc) is 3.53. The molecule has 0 radical (unpaired) electrons. The molecule has 0 spiro atoms. The maximum absolute atomic E-state index is 13.4. The Morgan fingerprint density at radius 3 is 2.33 bits per heavy atom. The number of rotatable bonds is 8. The SMILES string of the molecule is COc1ccc(CCN2CC[N+](NS(C)(=O)=O)(c3ccc(C4CC4)cc3)C2=O)cc1. The van der Waals surface area contributed by atoms with Gasteiger partial charge in [-0.05, 0) is 53.3 Å². The fourth-order valence-electron chi connectivity index (χ4n) is 4.04. The normalized spacial score (nSPS) is 21.8. The maximum Gasteiger partial charge on any atom is 0.444 e. The van der Waals surface area contributed by atoms with Gasteiger partial charge in [-0.3, -0.25) is 4.90 Å². The van der Waals surface area contributed by atoms with Crippen molar-refractivity contribution in [3.63, 3.8) is 0 Å². The zero-order valence-electron chi connectivity index (χ0n) is 17.4. The van der Waals surface area contributed by atoms with E-state index in [1.165, 1.54) is 18.4 Å². The second-order valence-electron chi connectivity index (χ2n) is 8.13. The highest BCUT2D eigenvalue weighted by molar-refractivity contribution is 7.88. The zero-order chi connectivity index (χ0) is 21.4. The van der Waals surface area contributed by atoms with Gasteiger partial charge in [0.05, 0.1) is 19.9 Å². The lowest BCUT2D eigenvalue weighted by molar-refractivity contribution is 0.187. The standard InChI is InChI=1S/C22H28N3O4S/c1-29-21-11-3-17(4-12-21)13-14-24-15-16-25(22(24)26,23-30(2,27)28)20-9-7-19(8-10-20)18-5-6-18/h3-4,7-12,18,23H,5-6,13-16H2,1-2H3/q+1. The van der Waals surface area contributed by atoms with E-state index < -0.39 is 14.6 Å². The van der Waals surface area contributed by atoms with Crippen molar-refractivity contribution in [1.29, 1.82) is 0 Å². The third-order valence-corrected chi connectivity index (χ3v) is 6.48. The topological polar surface area (TPSA) is 75.7 Å². The Hall–Kier alpha value is -2.42. The molecule has 0 aromatic heterocycles. The number of sulfonamides is 1. The molecule has 160 valence electrons. The highest BCUT2D eigenvalue weighted by Gasteiger charge is 2.51. The third-order valence-electron chi connectivity index (χ3n) is 5.84. The largest absolute Gasteiger partial charge is 0.497 e. The highest BCUT2D eigenvalue weighted by atomic mass is 32.2. The molecule has 2 aliphatic rings. The summed E-state index contributed by atoms with van der Waals surface area (Å²) in [5, 5.41) is 0. The first kappa shape index (κ1) is 20.8. The van der Waals surface area contributed by atoms with E-state index in [4.69, 9.17) is 4.74 Å². The number of urea groups is 1. The van der Waals surface area contributed by atoms with Crippen LogP contribution in [0.5, 0.6) is 5.75 Å². The molecule has 8 heteroatoms. The summed E-state index contributed by atoms with van der Waals surface area (Å²) in [5.74, 6) is 1.39. The van der Waals surface area contributed by atoms with Crippen molar-refractivity contribution in [1.82, 2.24) is 14.3 Å². The number of hydrogen-bond donors (Lipinski definition) is 1. The molecular weight excluding hydrogens is 402 g/mol. The van der Waals surface area contributed by atoms with Crippen LogP contribution in [0, 0.1) is 0 Å². The minimum Gasteiger partial charge on any atom is -0.497 e. The summed E-state index contributed by atoms with van der Waals surface area (Å²) >= 11 is 0. The lowest BCUT2D eigenvalue weighted by atomic mass is 10.1. The molecular formula is C22H28N3O4S+. The van der Waals surface area contributed by atoms with Crippen molar-refractivity contribution in [3.05, 3.63) is 59.7 Å². The highest BCUT2D eigenvalue weighted by Crippen LogP contribution is 2.41. The van der Waals surface area contributed by atoms with Gasteiger partial charge in [0.1, 0.15) is 12.3 Å². The number of carbonyl (C=O) groups excluding carboxylic acids is 1. The van der Waals surface area contributed by atoms with Crippen LogP contribution in [0.25, 0.3) is 0 Å². The molecule has 1 unspecified atom stereocenters. The van der Waals surface area contributed by atoms with Crippen LogP contribution in [-0.2, 0) is 16.4 Å². The fraction of sp³-hybridized carbons (Fsp3) is 0.409. The number of amides is 2. The second kappa shape index (κ2) is 8.02.